The second kappa shape index (κ2) is 5.88. The Kier molecular flexibility index (Phi) is 4.77. The molecule has 0 fully saturated rings. The minimum atomic E-state index is -3.34. The Bertz CT molecular complexity index is 440. The van der Waals surface area contributed by atoms with Crippen LogP contribution in [0.1, 0.15) is 13.8 Å². The lowest BCUT2D eigenvalue weighted by atomic mass is 10.3. The molecule has 0 aromatic heterocycles. The smallest absolute Gasteiger partial charge is 0.233 e. The molecule has 96 valence electrons. The Hall–Kier alpha value is -1.27. The monoisotopic (exact) mass is 258 g/mol. The van der Waals surface area contributed by atoms with Gasteiger partial charge in [0.25, 0.3) is 0 Å². The first-order valence-corrected chi connectivity index (χ1v) is 7.05. The summed E-state index contributed by atoms with van der Waals surface area (Å²) in [5, 5.41) is 0. The minimum Gasteiger partial charge on any atom is -0.491 e. The molecule has 1 rings (SSSR count). The van der Waals surface area contributed by atoms with Crippen LogP contribution in [0.5, 0.6) is 5.75 Å². The van der Waals surface area contributed by atoms with E-state index in [-0.39, 0.29) is 18.4 Å². The third-order valence-corrected chi connectivity index (χ3v) is 3.21. The van der Waals surface area contributed by atoms with Crippen LogP contribution in [0, 0.1) is 0 Å². The maximum Gasteiger partial charge on any atom is 0.233 e. The first kappa shape index (κ1) is 13.8. The van der Waals surface area contributed by atoms with E-state index in [0.29, 0.717) is 11.4 Å². The van der Waals surface area contributed by atoms with Crippen LogP contribution in [0.4, 0.5) is 5.69 Å². The van der Waals surface area contributed by atoms with Crippen molar-refractivity contribution in [2.24, 2.45) is 5.73 Å². The molecule has 0 amide bonds. The topological polar surface area (TPSA) is 81.4 Å². The molecule has 0 radical (unpaired) electrons. The van der Waals surface area contributed by atoms with Crippen LogP contribution >= 0.6 is 0 Å². The molecule has 1 aromatic carbocycles. The summed E-state index contributed by atoms with van der Waals surface area (Å²) in [7, 11) is -3.34. The molecule has 0 atom stereocenters. The first-order chi connectivity index (χ1) is 7.93. The fourth-order valence-corrected chi connectivity index (χ4v) is 2.17. The second-order valence-corrected chi connectivity index (χ2v) is 5.74. The molecule has 17 heavy (non-hydrogen) atoms. The van der Waals surface area contributed by atoms with Crippen molar-refractivity contribution in [3.05, 3.63) is 24.3 Å². The van der Waals surface area contributed by atoms with Gasteiger partial charge in [0.2, 0.25) is 10.0 Å². The van der Waals surface area contributed by atoms with Crippen molar-refractivity contribution in [3.8, 4) is 5.75 Å². The Morgan fingerprint density at radius 1 is 1.29 bits per heavy atom. The highest BCUT2D eigenvalue weighted by atomic mass is 32.2. The van der Waals surface area contributed by atoms with Crippen molar-refractivity contribution in [3.63, 3.8) is 0 Å². The molecule has 1 aromatic rings. The molecule has 0 saturated carbocycles. The van der Waals surface area contributed by atoms with Crippen LogP contribution in [0.15, 0.2) is 24.3 Å². The van der Waals surface area contributed by atoms with E-state index in [1.54, 1.807) is 24.3 Å². The van der Waals surface area contributed by atoms with Crippen LogP contribution in [0.3, 0.4) is 0 Å². The summed E-state index contributed by atoms with van der Waals surface area (Å²) in [6.07, 6.45) is 0.0924. The average molecular weight is 258 g/mol. The van der Waals surface area contributed by atoms with Crippen molar-refractivity contribution in [1.29, 1.82) is 0 Å². The Labute approximate surface area is 102 Å². The summed E-state index contributed by atoms with van der Waals surface area (Å²) in [5.74, 6) is 0.624. The lowest BCUT2D eigenvalue weighted by molar-refractivity contribution is 0.242. The minimum absolute atomic E-state index is 0.0861. The maximum atomic E-state index is 11.4. The van der Waals surface area contributed by atoms with E-state index >= 15 is 0 Å². The lowest BCUT2D eigenvalue weighted by Crippen LogP contribution is -2.22. The zero-order valence-electron chi connectivity index (χ0n) is 10.0. The fourth-order valence-electron chi connectivity index (χ4n) is 1.26. The molecular weight excluding hydrogens is 240 g/mol. The molecule has 0 spiro atoms. The van der Waals surface area contributed by atoms with Gasteiger partial charge in [-0.2, -0.15) is 0 Å². The predicted molar refractivity (Wildman–Crippen MR) is 68.7 cm³/mol. The standard InChI is InChI=1S/C11H18N2O3S/c1-9(2)16-11-5-3-10(4-6-11)13-17(14,15)8-7-12/h3-6,9,13H,7-8,12H2,1-2H3. The summed E-state index contributed by atoms with van der Waals surface area (Å²) in [4.78, 5) is 0. The van der Waals surface area contributed by atoms with Gasteiger partial charge < -0.3 is 10.5 Å². The zero-order valence-corrected chi connectivity index (χ0v) is 10.8. The van der Waals surface area contributed by atoms with Gasteiger partial charge in [0.15, 0.2) is 0 Å². The van der Waals surface area contributed by atoms with E-state index in [9.17, 15) is 8.42 Å². The van der Waals surface area contributed by atoms with Crippen molar-refractivity contribution in [2.75, 3.05) is 17.0 Å². The molecule has 3 N–H and O–H groups in total. The molecule has 0 aliphatic carbocycles. The molecular formula is C11H18N2O3S. The number of anilines is 1. The number of sulfonamides is 1. The highest BCUT2D eigenvalue weighted by molar-refractivity contribution is 7.92. The first-order valence-electron chi connectivity index (χ1n) is 5.40. The average Bonchev–Trinajstić information content (AvgIpc) is 2.19. The van der Waals surface area contributed by atoms with E-state index in [0.717, 1.165) is 0 Å². The summed E-state index contributed by atoms with van der Waals surface area (Å²) in [5.41, 5.74) is 5.72. The summed E-state index contributed by atoms with van der Waals surface area (Å²) in [6, 6.07) is 6.76. The Balaban J connectivity index is 2.68. The van der Waals surface area contributed by atoms with E-state index in [4.69, 9.17) is 10.5 Å². The van der Waals surface area contributed by atoms with Gasteiger partial charge in [0.05, 0.1) is 11.9 Å². The van der Waals surface area contributed by atoms with Crippen LogP contribution < -0.4 is 15.2 Å². The van der Waals surface area contributed by atoms with Gasteiger partial charge in [-0.1, -0.05) is 0 Å². The SMILES string of the molecule is CC(C)Oc1ccc(NS(=O)(=O)CCN)cc1. The lowest BCUT2D eigenvalue weighted by Gasteiger charge is -2.11. The quantitative estimate of drug-likeness (QED) is 0.802. The third-order valence-electron chi connectivity index (χ3n) is 1.89. The van der Waals surface area contributed by atoms with Gasteiger partial charge in [0.1, 0.15) is 5.75 Å². The second-order valence-electron chi connectivity index (χ2n) is 3.90. The van der Waals surface area contributed by atoms with Crippen LogP contribution in [0.25, 0.3) is 0 Å². The highest BCUT2D eigenvalue weighted by Crippen LogP contribution is 2.17. The molecule has 5 nitrogen and oxygen atoms in total. The van der Waals surface area contributed by atoms with Crippen molar-refractivity contribution < 1.29 is 13.2 Å². The van der Waals surface area contributed by atoms with E-state index < -0.39 is 10.0 Å². The van der Waals surface area contributed by atoms with Crippen LogP contribution in [0.2, 0.25) is 0 Å². The number of nitrogens with one attached hydrogen (secondary N) is 1. The third kappa shape index (κ3) is 5.06. The molecule has 0 aliphatic rings. The van der Waals surface area contributed by atoms with Crippen molar-refractivity contribution in [1.82, 2.24) is 0 Å². The van der Waals surface area contributed by atoms with Gasteiger partial charge in [-0.3, -0.25) is 4.72 Å². The molecule has 0 bridgehead atoms. The number of hydrogen-bond acceptors (Lipinski definition) is 4. The van der Waals surface area contributed by atoms with Gasteiger partial charge in [0, 0.05) is 12.2 Å². The van der Waals surface area contributed by atoms with Crippen LogP contribution in [-0.4, -0.2) is 26.8 Å². The summed E-state index contributed by atoms with van der Waals surface area (Å²) in [6.45, 7) is 3.96. The number of hydrogen-bond donors (Lipinski definition) is 2. The van der Waals surface area contributed by atoms with Crippen molar-refractivity contribution >= 4 is 15.7 Å². The van der Waals surface area contributed by atoms with Crippen LogP contribution in [-0.2, 0) is 10.0 Å². The zero-order chi connectivity index (χ0) is 12.9. The molecule has 0 aliphatic heterocycles. The number of nitrogens with two attached hydrogens (primary N) is 1. The van der Waals surface area contributed by atoms with Crippen molar-refractivity contribution in [2.45, 2.75) is 20.0 Å². The Morgan fingerprint density at radius 3 is 2.35 bits per heavy atom. The van der Waals surface area contributed by atoms with Gasteiger partial charge in [-0.05, 0) is 38.1 Å². The largest absolute Gasteiger partial charge is 0.491 e. The molecule has 0 heterocycles. The Morgan fingerprint density at radius 2 is 1.88 bits per heavy atom. The van der Waals surface area contributed by atoms with Gasteiger partial charge in [-0.25, -0.2) is 8.42 Å². The number of benzene rings is 1. The molecule has 0 saturated heterocycles. The van der Waals surface area contributed by atoms with E-state index in [1.807, 2.05) is 13.8 Å². The van der Waals surface area contributed by atoms with Gasteiger partial charge >= 0.3 is 0 Å². The maximum absolute atomic E-state index is 11.4. The summed E-state index contributed by atoms with van der Waals surface area (Å²) >= 11 is 0. The van der Waals surface area contributed by atoms with Gasteiger partial charge in [-0.15, -0.1) is 0 Å². The van der Waals surface area contributed by atoms with E-state index in [2.05, 4.69) is 4.72 Å². The molecule has 6 heteroatoms. The molecule has 0 unspecified atom stereocenters. The number of ether oxygens (including phenoxy) is 1. The summed E-state index contributed by atoms with van der Waals surface area (Å²) < 4.78 is 30.8. The predicted octanol–water partition coefficient (Wildman–Crippen LogP) is 1.17. The normalized spacial score (nSPS) is 11.5. The highest BCUT2D eigenvalue weighted by Gasteiger charge is 2.08. The number of rotatable bonds is 6. The fraction of sp³-hybridized carbons (Fsp3) is 0.455. The van der Waals surface area contributed by atoms with E-state index in [1.165, 1.54) is 0 Å².